The van der Waals surface area contributed by atoms with E-state index in [0.717, 1.165) is 0 Å². The second-order valence-electron chi connectivity index (χ2n) is 2.68. The van der Waals surface area contributed by atoms with Crippen molar-refractivity contribution in [3.63, 3.8) is 0 Å². The molecule has 6 heteroatoms. The van der Waals surface area contributed by atoms with Crippen molar-refractivity contribution in [1.29, 1.82) is 0 Å². The molecule has 0 saturated heterocycles. The first-order valence-electron chi connectivity index (χ1n) is 3.65. The van der Waals surface area contributed by atoms with Gasteiger partial charge in [0.2, 0.25) is 0 Å². The molecular formula is C8H4BrClN2O2. The topological polar surface area (TPSA) is 66.0 Å². The molecule has 0 aliphatic heterocycles. The number of aromatic amines is 1. The average Bonchev–Trinajstić information content (AvgIpc) is 2.56. The average molecular weight is 275 g/mol. The number of nitrogens with one attached hydrogen (secondary N) is 1. The molecule has 0 aliphatic carbocycles. The molecule has 0 atom stereocenters. The van der Waals surface area contributed by atoms with Crippen LogP contribution in [0.5, 0.6) is 0 Å². The minimum absolute atomic E-state index is 0.116. The van der Waals surface area contributed by atoms with Gasteiger partial charge in [-0.1, -0.05) is 11.6 Å². The van der Waals surface area contributed by atoms with Crippen molar-refractivity contribution < 1.29 is 9.90 Å². The van der Waals surface area contributed by atoms with Gasteiger partial charge in [-0.2, -0.15) is 0 Å². The van der Waals surface area contributed by atoms with Crippen molar-refractivity contribution in [2.45, 2.75) is 0 Å². The van der Waals surface area contributed by atoms with Crippen LogP contribution >= 0.6 is 27.5 Å². The summed E-state index contributed by atoms with van der Waals surface area (Å²) >= 11 is 8.99. The van der Waals surface area contributed by atoms with Gasteiger partial charge in [-0.05, 0) is 22.0 Å². The van der Waals surface area contributed by atoms with E-state index in [9.17, 15) is 4.79 Å². The standard InChI is InChI=1S/C8H4BrClN2O2/c9-6-3-1-4(8(13)14)12-5(3)2-11-7(6)10/h1-2,12H,(H,13,14). The van der Waals surface area contributed by atoms with Crippen LogP contribution < -0.4 is 0 Å². The summed E-state index contributed by atoms with van der Waals surface area (Å²) in [6.07, 6.45) is 1.49. The Bertz CT molecular complexity index is 523. The van der Waals surface area contributed by atoms with Crippen molar-refractivity contribution in [1.82, 2.24) is 9.97 Å². The number of rotatable bonds is 1. The van der Waals surface area contributed by atoms with Gasteiger partial charge in [0.15, 0.2) is 0 Å². The Labute approximate surface area is 92.0 Å². The maximum absolute atomic E-state index is 10.7. The quantitative estimate of drug-likeness (QED) is 0.786. The summed E-state index contributed by atoms with van der Waals surface area (Å²) in [6, 6.07) is 1.51. The predicted molar refractivity (Wildman–Crippen MR) is 55.8 cm³/mol. The summed E-state index contributed by atoms with van der Waals surface area (Å²) in [4.78, 5) is 17.3. The molecule has 4 nitrogen and oxygen atoms in total. The molecule has 2 N–H and O–H groups in total. The van der Waals surface area contributed by atoms with E-state index in [-0.39, 0.29) is 5.69 Å². The van der Waals surface area contributed by atoms with E-state index in [2.05, 4.69) is 25.9 Å². The smallest absolute Gasteiger partial charge is 0.352 e. The van der Waals surface area contributed by atoms with Crippen molar-refractivity contribution in [3.05, 3.63) is 27.6 Å². The maximum atomic E-state index is 10.7. The molecular weight excluding hydrogens is 271 g/mol. The number of H-pyrrole nitrogens is 1. The fourth-order valence-corrected chi connectivity index (χ4v) is 1.74. The van der Waals surface area contributed by atoms with E-state index in [1.54, 1.807) is 0 Å². The van der Waals surface area contributed by atoms with Crippen molar-refractivity contribution in [3.8, 4) is 0 Å². The molecule has 2 heterocycles. The van der Waals surface area contributed by atoms with Gasteiger partial charge in [-0.3, -0.25) is 0 Å². The molecule has 0 aromatic carbocycles. The molecule has 0 bridgehead atoms. The van der Waals surface area contributed by atoms with E-state index in [4.69, 9.17) is 16.7 Å². The van der Waals surface area contributed by atoms with Crippen LogP contribution in [0.4, 0.5) is 0 Å². The Morgan fingerprint density at radius 2 is 2.36 bits per heavy atom. The number of hydrogen-bond donors (Lipinski definition) is 2. The third kappa shape index (κ3) is 1.38. The highest BCUT2D eigenvalue weighted by Crippen LogP contribution is 2.29. The van der Waals surface area contributed by atoms with Gasteiger partial charge in [0.05, 0.1) is 16.2 Å². The second kappa shape index (κ2) is 3.25. The van der Waals surface area contributed by atoms with Gasteiger partial charge < -0.3 is 10.1 Å². The molecule has 14 heavy (non-hydrogen) atoms. The Morgan fingerprint density at radius 3 is 3.00 bits per heavy atom. The lowest BCUT2D eigenvalue weighted by Crippen LogP contribution is -1.94. The van der Waals surface area contributed by atoms with E-state index in [1.165, 1.54) is 12.3 Å². The summed E-state index contributed by atoms with van der Waals surface area (Å²) in [5, 5.41) is 9.77. The van der Waals surface area contributed by atoms with Crippen LogP contribution in [0.3, 0.4) is 0 Å². The lowest BCUT2D eigenvalue weighted by atomic mass is 10.3. The van der Waals surface area contributed by atoms with Crippen LogP contribution in [-0.4, -0.2) is 21.0 Å². The fraction of sp³-hybridized carbons (Fsp3) is 0. The van der Waals surface area contributed by atoms with Crippen LogP contribution in [0.25, 0.3) is 10.9 Å². The van der Waals surface area contributed by atoms with Crippen LogP contribution in [0.2, 0.25) is 5.15 Å². The molecule has 0 spiro atoms. The summed E-state index contributed by atoms with van der Waals surface area (Å²) < 4.78 is 0.598. The molecule has 72 valence electrons. The number of halogens is 2. The van der Waals surface area contributed by atoms with E-state index in [0.29, 0.717) is 20.5 Å². The molecule has 0 saturated carbocycles. The Kier molecular flexibility index (Phi) is 2.20. The number of carbonyl (C=O) groups is 1. The highest BCUT2D eigenvalue weighted by atomic mass is 79.9. The molecule has 2 rings (SSSR count). The van der Waals surface area contributed by atoms with Gasteiger partial charge in [0.25, 0.3) is 0 Å². The van der Waals surface area contributed by atoms with E-state index >= 15 is 0 Å². The third-order valence-corrected chi connectivity index (χ3v) is 3.12. The van der Waals surface area contributed by atoms with Gasteiger partial charge >= 0.3 is 5.97 Å². The van der Waals surface area contributed by atoms with Gasteiger partial charge in [-0.25, -0.2) is 9.78 Å². The third-order valence-electron chi connectivity index (χ3n) is 1.80. The number of hydrogen-bond acceptors (Lipinski definition) is 2. The zero-order chi connectivity index (χ0) is 10.3. The minimum atomic E-state index is -1.01. The molecule has 0 unspecified atom stereocenters. The Morgan fingerprint density at radius 1 is 1.64 bits per heavy atom. The molecule has 2 aromatic heterocycles. The van der Waals surface area contributed by atoms with E-state index < -0.39 is 5.97 Å². The van der Waals surface area contributed by atoms with Crippen LogP contribution in [-0.2, 0) is 0 Å². The van der Waals surface area contributed by atoms with Gasteiger partial charge in [0.1, 0.15) is 10.8 Å². The number of nitrogens with zero attached hydrogens (tertiary/aromatic N) is 1. The largest absolute Gasteiger partial charge is 0.477 e. The maximum Gasteiger partial charge on any atom is 0.352 e. The normalized spacial score (nSPS) is 10.7. The number of carboxylic acids is 1. The fourth-order valence-electron chi connectivity index (χ4n) is 1.16. The predicted octanol–water partition coefficient (Wildman–Crippen LogP) is 2.68. The van der Waals surface area contributed by atoms with Crippen LogP contribution in [0, 0.1) is 0 Å². The number of fused-ring (bicyclic) bond motifs is 1. The number of carboxylic acid groups (broad SMARTS) is 1. The zero-order valence-electron chi connectivity index (χ0n) is 6.71. The summed E-state index contributed by atoms with van der Waals surface area (Å²) in [6.45, 7) is 0. The first-order valence-corrected chi connectivity index (χ1v) is 4.82. The van der Waals surface area contributed by atoms with E-state index in [1.807, 2.05) is 0 Å². The lowest BCUT2D eigenvalue weighted by Gasteiger charge is -1.94. The second-order valence-corrected chi connectivity index (χ2v) is 3.83. The van der Waals surface area contributed by atoms with Crippen LogP contribution in [0.15, 0.2) is 16.7 Å². The lowest BCUT2D eigenvalue weighted by molar-refractivity contribution is 0.0691. The number of aromatic carboxylic acids is 1. The van der Waals surface area contributed by atoms with Crippen molar-refractivity contribution in [2.24, 2.45) is 0 Å². The summed E-state index contributed by atoms with van der Waals surface area (Å²) in [5.41, 5.74) is 0.753. The van der Waals surface area contributed by atoms with Gasteiger partial charge in [0, 0.05) is 5.39 Å². The zero-order valence-corrected chi connectivity index (χ0v) is 9.06. The molecule has 0 radical (unpaired) electrons. The molecule has 0 fully saturated rings. The van der Waals surface area contributed by atoms with Crippen molar-refractivity contribution in [2.75, 3.05) is 0 Å². The first kappa shape index (κ1) is 9.48. The summed E-state index contributed by atoms with van der Waals surface area (Å²) in [7, 11) is 0. The first-order chi connectivity index (χ1) is 6.59. The Balaban J connectivity index is 2.77. The van der Waals surface area contributed by atoms with Crippen LogP contribution in [0.1, 0.15) is 10.5 Å². The minimum Gasteiger partial charge on any atom is -0.477 e. The molecule has 0 aliphatic rings. The summed E-state index contributed by atoms with van der Waals surface area (Å²) in [5.74, 6) is -1.01. The highest BCUT2D eigenvalue weighted by Gasteiger charge is 2.11. The van der Waals surface area contributed by atoms with Gasteiger partial charge in [-0.15, -0.1) is 0 Å². The highest BCUT2D eigenvalue weighted by molar-refractivity contribution is 9.10. The number of aromatic nitrogens is 2. The molecule has 0 amide bonds. The molecule has 2 aromatic rings. The SMILES string of the molecule is O=C(O)c1cc2c(Br)c(Cl)ncc2[nH]1. The number of pyridine rings is 1. The Hall–Kier alpha value is -1.07. The van der Waals surface area contributed by atoms with Crippen molar-refractivity contribution >= 4 is 44.4 Å². The monoisotopic (exact) mass is 274 g/mol.